The summed E-state index contributed by atoms with van der Waals surface area (Å²) in [5.74, 6) is 2.38. The fourth-order valence-corrected chi connectivity index (χ4v) is 10.2. The van der Waals surface area contributed by atoms with Crippen molar-refractivity contribution < 1.29 is 19.8 Å². The highest BCUT2D eigenvalue weighted by molar-refractivity contribution is 5.87. The highest BCUT2D eigenvalue weighted by atomic mass is 16.3. The monoisotopic (exact) mass is 587 g/mol. The van der Waals surface area contributed by atoms with Gasteiger partial charge < -0.3 is 20.8 Å². The second kappa shape index (κ2) is 12.2. The van der Waals surface area contributed by atoms with Gasteiger partial charge in [0.1, 0.15) is 6.04 Å². The van der Waals surface area contributed by atoms with E-state index in [1.165, 1.54) is 12.8 Å². The summed E-state index contributed by atoms with van der Waals surface area (Å²) >= 11 is 0. The fraction of sp³-hybridized carbons (Fsp3) is 0.935. The van der Waals surface area contributed by atoms with Crippen LogP contribution in [0.15, 0.2) is 5.11 Å². The molecule has 1 aliphatic heterocycles. The van der Waals surface area contributed by atoms with Crippen molar-refractivity contribution in [2.75, 3.05) is 6.67 Å². The SMILES string of the molecule is C[C@H](CCC(=O)NC(CCC1(C)NN1)C(=O)NCN=[N+]=[N-])[C@H]1CC[C@H]2[C@@H]3CC[C@@H]4C[C@H](O)CC[C@]4(C)[C@H]3CC(O)[C@]12C. The van der Waals surface area contributed by atoms with Crippen LogP contribution in [0.3, 0.4) is 0 Å². The van der Waals surface area contributed by atoms with Crippen LogP contribution in [0, 0.1) is 46.3 Å². The Bertz CT molecular complexity index is 1060. The van der Waals surface area contributed by atoms with Crippen LogP contribution in [0.1, 0.15) is 105 Å². The number of hydrogen-bond donors (Lipinski definition) is 6. The molecule has 0 spiro atoms. The zero-order valence-corrected chi connectivity index (χ0v) is 25.9. The predicted molar refractivity (Wildman–Crippen MR) is 159 cm³/mol. The van der Waals surface area contributed by atoms with Crippen LogP contribution in [-0.4, -0.2) is 52.6 Å². The lowest BCUT2D eigenvalue weighted by Crippen LogP contribution is -2.58. The Balaban J connectivity index is 1.19. The molecule has 11 atom stereocenters. The third kappa shape index (κ3) is 6.05. The van der Waals surface area contributed by atoms with Gasteiger partial charge in [-0.1, -0.05) is 25.9 Å². The van der Waals surface area contributed by atoms with Crippen molar-refractivity contribution in [3.63, 3.8) is 0 Å². The van der Waals surface area contributed by atoms with Gasteiger partial charge in [0.05, 0.1) is 24.5 Å². The summed E-state index contributed by atoms with van der Waals surface area (Å²) in [6, 6.07) is -0.703. The molecule has 1 heterocycles. The molecular formula is C31H53N7O4. The van der Waals surface area contributed by atoms with Gasteiger partial charge in [0.25, 0.3) is 0 Å². The number of aliphatic hydroxyl groups is 2. The lowest BCUT2D eigenvalue weighted by atomic mass is 9.43. The Morgan fingerprint density at radius 3 is 2.52 bits per heavy atom. The largest absolute Gasteiger partial charge is 0.393 e. The summed E-state index contributed by atoms with van der Waals surface area (Å²) in [4.78, 5) is 28.5. The summed E-state index contributed by atoms with van der Waals surface area (Å²) in [5, 5.41) is 31.1. The maximum atomic E-state index is 13.1. The van der Waals surface area contributed by atoms with Crippen molar-refractivity contribution in [1.29, 1.82) is 0 Å². The van der Waals surface area contributed by atoms with Crippen LogP contribution in [0.2, 0.25) is 0 Å². The highest BCUT2D eigenvalue weighted by Gasteiger charge is 2.63. The molecule has 5 rings (SSSR count). The van der Waals surface area contributed by atoms with Gasteiger partial charge in [-0.3, -0.25) is 9.59 Å². The Labute approximate surface area is 250 Å². The summed E-state index contributed by atoms with van der Waals surface area (Å²) in [7, 11) is 0. The smallest absolute Gasteiger partial charge is 0.242 e. The van der Waals surface area contributed by atoms with E-state index in [1.807, 2.05) is 6.92 Å². The minimum atomic E-state index is -0.703. The molecule has 5 aliphatic rings. The van der Waals surface area contributed by atoms with Crippen molar-refractivity contribution >= 4 is 11.8 Å². The number of nitrogens with one attached hydrogen (secondary N) is 4. The molecule has 11 heteroatoms. The number of carbonyl (C=O) groups excluding carboxylic acids is 2. The number of fused-ring (bicyclic) bond motifs is 5. The summed E-state index contributed by atoms with van der Waals surface area (Å²) in [6.07, 6.45) is 10.0. The number of carbonyl (C=O) groups is 2. The maximum Gasteiger partial charge on any atom is 0.242 e. The zero-order chi connectivity index (χ0) is 30.3. The minimum Gasteiger partial charge on any atom is -0.393 e. The van der Waals surface area contributed by atoms with Crippen LogP contribution in [0.4, 0.5) is 0 Å². The molecule has 42 heavy (non-hydrogen) atoms. The lowest BCUT2D eigenvalue weighted by Gasteiger charge is -2.62. The molecule has 6 N–H and O–H groups in total. The summed E-state index contributed by atoms with van der Waals surface area (Å²) < 4.78 is 0. The van der Waals surface area contributed by atoms with Gasteiger partial charge in [0, 0.05) is 11.3 Å². The number of aliphatic hydroxyl groups excluding tert-OH is 2. The van der Waals surface area contributed by atoms with Gasteiger partial charge >= 0.3 is 0 Å². The number of azide groups is 1. The van der Waals surface area contributed by atoms with Crippen molar-refractivity contribution in [3.8, 4) is 0 Å². The molecule has 0 radical (unpaired) electrons. The quantitative estimate of drug-likeness (QED) is 0.0920. The van der Waals surface area contributed by atoms with E-state index in [-0.39, 0.29) is 53.1 Å². The van der Waals surface area contributed by atoms with Gasteiger partial charge in [-0.25, -0.2) is 10.9 Å². The lowest BCUT2D eigenvalue weighted by molar-refractivity contribution is -0.175. The molecule has 2 unspecified atom stereocenters. The van der Waals surface area contributed by atoms with Crippen LogP contribution in [-0.2, 0) is 9.59 Å². The molecule has 1 saturated heterocycles. The predicted octanol–water partition coefficient (Wildman–Crippen LogP) is 3.87. The average molecular weight is 588 g/mol. The molecule has 0 aromatic carbocycles. The van der Waals surface area contributed by atoms with E-state index >= 15 is 0 Å². The van der Waals surface area contributed by atoms with Gasteiger partial charge in [-0.15, -0.1) is 0 Å². The van der Waals surface area contributed by atoms with Crippen LogP contribution < -0.4 is 21.5 Å². The molecule has 0 aromatic rings. The first-order chi connectivity index (χ1) is 19.9. The standard InChI is InChI=1S/C31H53N7O4/c1-18(5-10-27(41)35-25(12-14-30(3)36-37-30)28(42)33-17-34-38-32)22-8-9-23-21-7-6-19-15-20(39)11-13-29(19,2)24(21)16-26(40)31(22,23)4/h18-26,36-37,39-40H,5-17H2,1-4H3,(H,33,42)(H,35,41)/t18-,19-,20-,21+,22-,23+,24+,25?,26?,29+,31-/m1/s1. The Hall–Kier alpha value is -1.91. The molecule has 236 valence electrons. The summed E-state index contributed by atoms with van der Waals surface area (Å²) in [5.41, 5.74) is 14.5. The molecule has 5 fully saturated rings. The van der Waals surface area contributed by atoms with Crippen LogP contribution in [0.25, 0.3) is 10.4 Å². The Morgan fingerprint density at radius 1 is 1.05 bits per heavy atom. The topological polar surface area (TPSA) is 191 Å². The minimum absolute atomic E-state index is 0.141. The number of rotatable bonds is 11. The molecule has 4 aliphatic carbocycles. The maximum absolute atomic E-state index is 13.1. The van der Waals surface area contributed by atoms with E-state index in [1.54, 1.807) is 0 Å². The number of hydrogen-bond acceptors (Lipinski definition) is 7. The van der Waals surface area contributed by atoms with Crippen molar-refractivity contribution in [2.45, 2.75) is 129 Å². The van der Waals surface area contributed by atoms with Gasteiger partial charge in [-0.2, -0.15) is 0 Å². The number of amides is 2. The molecule has 0 bridgehead atoms. The van der Waals surface area contributed by atoms with Crippen molar-refractivity contribution in [3.05, 3.63) is 10.4 Å². The zero-order valence-electron chi connectivity index (χ0n) is 25.9. The number of nitrogens with zero attached hydrogens (tertiary/aromatic N) is 3. The third-order valence-corrected chi connectivity index (χ3v) is 12.9. The van der Waals surface area contributed by atoms with E-state index < -0.39 is 6.04 Å². The highest BCUT2D eigenvalue weighted by Crippen LogP contribution is 2.68. The molecule has 2 amide bonds. The van der Waals surface area contributed by atoms with E-state index in [4.69, 9.17) is 5.53 Å². The van der Waals surface area contributed by atoms with E-state index in [9.17, 15) is 19.8 Å². The first-order valence-electron chi connectivity index (χ1n) is 16.4. The second-order valence-electron chi connectivity index (χ2n) is 15.1. The first-order valence-corrected chi connectivity index (χ1v) is 16.4. The fourth-order valence-electron chi connectivity index (χ4n) is 10.2. The Kier molecular flexibility index (Phi) is 9.18. The van der Waals surface area contributed by atoms with Crippen LogP contribution >= 0.6 is 0 Å². The van der Waals surface area contributed by atoms with Gasteiger partial charge in [0.2, 0.25) is 11.8 Å². The molecule has 4 saturated carbocycles. The average Bonchev–Trinajstić information content (AvgIpc) is 3.58. The van der Waals surface area contributed by atoms with Crippen LogP contribution in [0.5, 0.6) is 0 Å². The first kappa shape index (κ1) is 31.5. The number of hydrazine groups is 1. The van der Waals surface area contributed by atoms with Crippen molar-refractivity contribution in [1.82, 2.24) is 21.5 Å². The van der Waals surface area contributed by atoms with E-state index in [2.05, 4.69) is 52.3 Å². The molecule has 0 aromatic heterocycles. The Morgan fingerprint density at radius 2 is 1.81 bits per heavy atom. The van der Waals surface area contributed by atoms with E-state index in [0.29, 0.717) is 55.3 Å². The van der Waals surface area contributed by atoms with Gasteiger partial charge in [-0.05, 0) is 129 Å². The normalized spacial score (nSPS) is 41.2. The van der Waals surface area contributed by atoms with E-state index in [0.717, 1.165) is 38.5 Å². The van der Waals surface area contributed by atoms with Gasteiger partial charge in [0.15, 0.2) is 0 Å². The molecule has 11 nitrogen and oxygen atoms in total. The van der Waals surface area contributed by atoms with Crippen molar-refractivity contribution in [2.24, 2.45) is 51.5 Å². The summed E-state index contributed by atoms with van der Waals surface area (Å²) in [6.45, 7) is 8.86. The molecular weight excluding hydrogens is 534 g/mol. The second-order valence-corrected chi connectivity index (χ2v) is 15.1. The third-order valence-electron chi connectivity index (χ3n) is 12.9.